The van der Waals surface area contributed by atoms with E-state index in [2.05, 4.69) is 78.1 Å². The Labute approximate surface area is 199 Å². The zero-order valence-corrected chi connectivity index (χ0v) is 19.7. The summed E-state index contributed by atoms with van der Waals surface area (Å²) < 4.78 is 6.48. The van der Waals surface area contributed by atoms with E-state index in [1.807, 2.05) is 0 Å². The van der Waals surface area contributed by atoms with E-state index >= 15 is 0 Å². The molecule has 4 aromatic rings. The van der Waals surface area contributed by atoms with E-state index < -0.39 is 0 Å². The van der Waals surface area contributed by atoms with Crippen molar-refractivity contribution in [1.29, 1.82) is 0 Å². The van der Waals surface area contributed by atoms with Crippen molar-refractivity contribution in [3.05, 3.63) is 54.6 Å². The second-order valence-electron chi connectivity index (χ2n) is 9.45. The lowest BCUT2D eigenvalue weighted by Crippen LogP contribution is -2.43. The van der Waals surface area contributed by atoms with Gasteiger partial charge < -0.3 is 19.5 Å². The van der Waals surface area contributed by atoms with Gasteiger partial charge in [-0.2, -0.15) is 0 Å². The van der Waals surface area contributed by atoms with Crippen molar-refractivity contribution in [2.24, 2.45) is 0 Å². The van der Waals surface area contributed by atoms with Crippen LogP contribution < -0.4 is 9.64 Å². The highest BCUT2D eigenvalue weighted by Gasteiger charge is 2.28. The number of piperazine rings is 1. The molecule has 0 aliphatic carbocycles. The van der Waals surface area contributed by atoms with Crippen LogP contribution in [0.25, 0.3) is 21.9 Å². The number of hydrogen-bond acceptors (Lipinski definition) is 7. The van der Waals surface area contributed by atoms with Crippen LogP contribution in [-0.4, -0.2) is 82.2 Å². The number of nitrogens with zero attached hydrogens (tertiary/aromatic N) is 6. The average molecular weight is 458 g/mol. The molecule has 1 atom stereocenters. The van der Waals surface area contributed by atoms with Crippen LogP contribution in [0.3, 0.4) is 0 Å². The van der Waals surface area contributed by atoms with Crippen LogP contribution >= 0.6 is 0 Å². The van der Waals surface area contributed by atoms with Crippen molar-refractivity contribution in [2.75, 3.05) is 51.3 Å². The zero-order chi connectivity index (χ0) is 22.9. The van der Waals surface area contributed by atoms with Crippen LogP contribution in [0.1, 0.15) is 18.4 Å². The number of rotatable bonds is 6. The molecule has 2 aliphatic rings. The van der Waals surface area contributed by atoms with Gasteiger partial charge in [0.1, 0.15) is 24.2 Å². The first-order chi connectivity index (χ1) is 16.8. The van der Waals surface area contributed by atoms with Crippen molar-refractivity contribution in [2.45, 2.75) is 25.4 Å². The number of fused-ring (bicyclic) bond motifs is 2. The SMILES string of the molecule is CN1CCN(Cc2ccc(OC[C@H]3CCCN3c3ncnc4nc[nH]c34)c3ccccc23)CC1. The molecule has 34 heavy (non-hydrogen) atoms. The molecule has 2 aromatic carbocycles. The van der Waals surface area contributed by atoms with Crippen LogP contribution in [0.2, 0.25) is 0 Å². The van der Waals surface area contributed by atoms with Crippen molar-refractivity contribution in [3.8, 4) is 5.75 Å². The van der Waals surface area contributed by atoms with Crippen molar-refractivity contribution < 1.29 is 4.74 Å². The number of aromatic nitrogens is 4. The Kier molecular flexibility index (Phi) is 5.76. The summed E-state index contributed by atoms with van der Waals surface area (Å²) in [5.74, 6) is 1.87. The predicted octanol–water partition coefficient (Wildman–Crippen LogP) is 3.30. The summed E-state index contributed by atoms with van der Waals surface area (Å²) in [5, 5.41) is 2.48. The smallest absolute Gasteiger partial charge is 0.182 e. The van der Waals surface area contributed by atoms with Gasteiger partial charge in [0.05, 0.1) is 12.4 Å². The maximum absolute atomic E-state index is 6.48. The van der Waals surface area contributed by atoms with Gasteiger partial charge in [-0.15, -0.1) is 0 Å². The van der Waals surface area contributed by atoms with Crippen molar-refractivity contribution in [1.82, 2.24) is 29.7 Å². The third-order valence-corrected chi connectivity index (χ3v) is 7.25. The van der Waals surface area contributed by atoms with Gasteiger partial charge in [0.25, 0.3) is 0 Å². The summed E-state index contributed by atoms with van der Waals surface area (Å²) in [7, 11) is 2.20. The standard InChI is InChI=1S/C26H31N7O/c1-31-11-13-32(14-12-31)15-19-8-9-23(22-7-3-2-6-21(19)22)34-16-20-5-4-10-33(20)26-24-25(28-17-27-24)29-18-30-26/h2-3,6-9,17-18,20H,4-5,10-16H2,1H3,(H,27,28,29,30)/t20-/m1/s1. The Balaban J connectivity index is 1.21. The maximum Gasteiger partial charge on any atom is 0.182 e. The monoisotopic (exact) mass is 457 g/mol. The van der Waals surface area contributed by atoms with E-state index in [0.717, 1.165) is 69.2 Å². The fourth-order valence-corrected chi connectivity index (χ4v) is 5.29. The largest absolute Gasteiger partial charge is 0.491 e. The Morgan fingerprint density at radius 1 is 0.971 bits per heavy atom. The van der Waals surface area contributed by atoms with Gasteiger partial charge in [0.2, 0.25) is 0 Å². The second-order valence-corrected chi connectivity index (χ2v) is 9.45. The normalized spacial score (nSPS) is 19.9. The quantitative estimate of drug-likeness (QED) is 0.476. The molecule has 0 radical (unpaired) electrons. The summed E-state index contributed by atoms with van der Waals surface area (Å²) in [6, 6.07) is 13.3. The van der Waals surface area contributed by atoms with Crippen LogP contribution in [0, 0.1) is 0 Å². The number of nitrogens with one attached hydrogen (secondary N) is 1. The Hall–Kier alpha value is -3.23. The molecule has 2 aliphatic heterocycles. The molecule has 0 saturated carbocycles. The number of benzene rings is 2. The molecule has 4 heterocycles. The molecule has 6 rings (SSSR count). The number of H-pyrrole nitrogens is 1. The molecule has 0 spiro atoms. The predicted molar refractivity (Wildman–Crippen MR) is 134 cm³/mol. The third-order valence-electron chi connectivity index (χ3n) is 7.25. The summed E-state index contributed by atoms with van der Waals surface area (Å²) in [5.41, 5.74) is 2.98. The molecule has 2 saturated heterocycles. The minimum Gasteiger partial charge on any atom is -0.491 e. The van der Waals surface area contributed by atoms with Crippen LogP contribution in [0.15, 0.2) is 49.1 Å². The van der Waals surface area contributed by atoms with Gasteiger partial charge in [-0.3, -0.25) is 4.90 Å². The first-order valence-electron chi connectivity index (χ1n) is 12.2. The summed E-state index contributed by atoms with van der Waals surface area (Å²) in [6.07, 6.45) is 5.49. The number of aromatic amines is 1. The van der Waals surface area contributed by atoms with E-state index in [9.17, 15) is 0 Å². The van der Waals surface area contributed by atoms with Crippen LogP contribution in [-0.2, 0) is 6.54 Å². The van der Waals surface area contributed by atoms with Gasteiger partial charge in [-0.25, -0.2) is 15.0 Å². The number of hydrogen-bond donors (Lipinski definition) is 1. The van der Waals surface area contributed by atoms with E-state index in [1.165, 1.54) is 16.3 Å². The van der Waals surface area contributed by atoms with Crippen LogP contribution in [0.4, 0.5) is 5.82 Å². The Bertz CT molecular complexity index is 1280. The molecule has 8 heteroatoms. The maximum atomic E-state index is 6.48. The highest BCUT2D eigenvalue weighted by atomic mass is 16.5. The van der Waals surface area contributed by atoms with Gasteiger partial charge in [-0.1, -0.05) is 30.3 Å². The van der Waals surface area contributed by atoms with E-state index in [0.29, 0.717) is 12.3 Å². The minimum absolute atomic E-state index is 0.269. The molecular weight excluding hydrogens is 426 g/mol. The van der Waals surface area contributed by atoms with Crippen molar-refractivity contribution >= 4 is 27.8 Å². The molecule has 2 aromatic heterocycles. The summed E-state index contributed by atoms with van der Waals surface area (Å²) in [4.78, 5) is 23.6. The minimum atomic E-state index is 0.269. The first kappa shape index (κ1) is 21.3. The topological polar surface area (TPSA) is 73.4 Å². The van der Waals surface area contributed by atoms with Gasteiger partial charge in [0.15, 0.2) is 11.5 Å². The number of imidazole rings is 1. The van der Waals surface area contributed by atoms with E-state index in [4.69, 9.17) is 4.74 Å². The Morgan fingerprint density at radius 3 is 2.71 bits per heavy atom. The molecule has 176 valence electrons. The van der Waals surface area contributed by atoms with E-state index in [1.54, 1.807) is 12.7 Å². The summed E-state index contributed by atoms with van der Waals surface area (Å²) in [6.45, 7) is 7.08. The number of anilines is 1. The second kappa shape index (κ2) is 9.19. The van der Waals surface area contributed by atoms with Gasteiger partial charge in [0, 0.05) is 44.7 Å². The molecule has 0 unspecified atom stereocenters. The Morgan fingerprint density at radius 2 is 1.82 bits per heavy atom. The first-order valence-corrected chi connectivity index (χ1v) is 12.2. The molecule has 1 N–H and O–H groups in total. The number of ether oxygens (including phenoxy) is 1. The number of likely N-dealkylation sites (N-methyl/N-ethyl adjacent to an activating group) is 1. The van der Waals surface area contributed by atoms with Gasteiger partial charge in [-0.05, 0) is 36.9 Å². The van der Waals surface area contributed by atoms with E-state index in [-0.39, 0.29) is 6.04 Å². The lowest BCUT2D eigenvalue weighted by atomic mass is 10.0. The molecular formula is C26H31N7O. The summed E-state index contributed by atoms with van der Waals surface area (Å²) >= 11 is 0. The fourth-order valence-electron chi connectivity index (χ4n) is 5.29. The van der Waals surface area contributed by atoms with Crippen LogP contribution in [0.5, 0.6) is 5.75 Å². The molecule has 8 nitrogen and oxygen atoms in total. The highest BCUT2D eigenvalue weighted by Crippen LogP contribution is 2.32. The lowest BCUT2D eigenvalue weighted by Gasteiger charge is -2.32. The van der Waals surface area contributed by atoms with Gasteiger partial charge >= 0.3 is 0 Å². The molecule has 2 fully saturated rings. The highest BCUT2D eigenvalue weighted by molar-refractivity contribution is 5.91. The molecule has 0 bridgehead atoms. The fraction of sp³-hybridized carbons (Fsp3) is 0.423. The average Bonchev–Trinajstić information content (AvgIpc) is 3.54. The zero-order valence-electron chi connectivity index (χ0n) is 19.7. The third kappa shape index (κ3) is 4.08. The van der Waals surface area contributed by atoms with Crippen molar-refractivity contribution in [3.63, 3.8) is 0 Å². The molecule has 0 amide bonds. The lowest BCUT2D eigenvalue weighted by molar-refractivity contribution is 0.148.